The Morgan fingerprint density at radius 2 is 2.11 bits per heavy atom. The summed E-state index contributed by atoms with van der Waals surface area (Å²) in [7, 11) is 4.24. The molecule has 0 bridgehead atoms. The van der Waals surface area contributed by atoms with Crippen LogP contribution >= 0.6 is 11.6 Å². The Hall–Kier alpha value is -1.11. The number of nitrogens with zero attached hydrogens (tertiary/aromatic N) is 4. The van der Waals surface area contributed by atoms with Gasteiger partial charge in [-0.2, -0.15) is 4.98 Å². The summed E-state index contributed by atoms with van der Waals surface area (Å²) in [5.41, 5.74) is 2.44. The molecule has 1 aliphatic heterocycles. The maximum absolute atomic E-state index is 6.14. The number of nitrogens with one attached hydrogen (secondary N) is 1. The van der Waals surface area contributed by atoms with Gasteiger partial charge in [-0.05, 0) is 26.9 Å². The van der Waals surface area contributed by atoms with Crippen LogP contribution < -0.4 is 16.2 Å². The standard InChI is InChI=1S/C11H19ClN6/c1-17(2)8-3-5-18(6-4-8)10-9(12)7-14-11(15-10)16-13/h7-8H,3-6,13H2,1-2H3,(H,14,15,16). The highest BCUT2D eigenvalue weighted by atomic mass is 35.5. The molecule has 18 heavy (non-hydrogen) atoms. The van der Waals surface area contributed by atoms with Crippen molar-refractivity contribution in [3.8, 4) is 0 Å². The van der Waals surface area contributed by atoms with Gasteiger partial charge in [0.05, 0.1) is 6.20 Å². The largest absolute Gasteiger partial charge is 0.355 e. The monoisotopic (exact) mass is 270 g/mol. The van der Waals surface area contributed by atoms with Crippen LogP contribution in [0.3, 0.4) is 0 Å². The fourth-order valence-electron chi connectivity index (χ4n) is 2.24. The van der Waals surface area contributed by atoms with E-state index in [2.05, 4.69) is 39.3 Å². The zero-order valence-electron chi connectivity index (χ0n) is 10.7. The second kappa shape index (κ2) is 5.69. The number of nitrogen functional groups attached to an aromatic ring is 1. The van der Waals surface area contributed by atoms with Crippen molar-refractivity contribution in [3.05, 3.63) is 11.2 Å². The van der Waals surface area contributed by atoms with Crippen molar-refractivity contribution in [1.29, 1.82) is 0 Å². The summed E-state index contributed by atoms with van der Waals surface area (Å²) in [6.07, 6.45) is 3.80. The molecule has 0 aliphatic carbocycles. The molecule has 3 N–H and O–H groups in total. The van der Waals surface area contributed by atoms with Crippen LogP contribution in [-0.2, 0) is 0 Å². The molecule has 7 heteroatoms. The zero-order valence-corrected chi connectivity index (χ0v) is 11.5. The van der Waals surface area contributed by atoms with Crippen molar-refractivity contribution in [3.63, 3.8) is 0 Å². The molecule has 0 amide bonds. The van der Waals surface area contributed by atoms with Gasteiger partial charge in [0, 0.05) is 19.1 Å². The lowest BCUT2D eigenvalue weighted by Crippen LogP contribution is -2.42. The number of anilines is 2. The van der Waals surface area contributed by atoms with Crippen LogP contribution in [-0.4, -0.2) is 48.1 Å². The Balaban J connectivity index is 2.09. The topological polar surface area (TPSA) is 70.3 Å². The third-order valence-electron chi connectivity index (χ3n) is 3.35. The minimum absolute atomic E-state index is 0.393. The molecule has 0 atom stereocenters. The summed E-state index contributed by atoms with van der Waals surface area (Å²) >= 11 is 6.14. The van der Waals surface area contributed by atoms with Gasteiger partial charge < -0.3 is 9.80 Å². The lowest BCUT2D eigenvalue weighted by Gasteiger charge is -2.36. The Kier molecular flexibility index (Phi) is 4.21. The molecule has 0 unspecified atom stereocenters. The van der Waals surface area contributed by atoms with Crippen molar-refractivity contribution in [1.82, 2.24) is 14.9 Å². The molecule has 0 saturated carbocycles. The van der Waals surface area contributed by atoms with Crippen molar-refractivity contribution >= 4 is 23.4 Å². The summed E-state index contributed by atoms with van der Waals surface area (Å²) in [4.78, 5) is 12.8. The summed E-state index contributed by atoms with van der Waals surface area (Å²) in [5.74, 6) is 6.47. The second-order valence-electron chi connectivity index (χ2n) is 4.69. The van der Waals surface area contributed by atoms with Crippen molar-refractivity contribution in [2.24, 2.45) is 5.84 Å². The summed E-state index contributed by atoms with van der Waals surface area (Å²) < 4.78 is 0. The van der Waals surface area contributed by atoms with Crippen LogP contribution in [0.4, 0.5) is 11.8 Å². The van der Waals surface area contributed by atoms with Crippen LogP contribution in [0.25, 0.3) is 0 Å². The molecule has 0 spiro atoms. The smallest absolute Gasteiger partial charge is 0.239 e. The first-order chi connectivity index (χ1) is 8.61. The van der Waals surface area contributed by atoms with E-state index in [1.54, 1.807) is 6.20 Å². The van der Waals surface area contributed by atoms with Gasteiger partial charge >= 0.3 is 0 Å². The van der Waals surface area contributed by atoms with Crippen LogP contribution in [0, 0.1) is 0 Å². The van der Waals surface area contributed by atoms with Crippen LogP contribution in [0.1, 0.15) is 12.8 Å². The molecule has 1 aromatic heterocycles. The van der Waals surface area contributed by atoms with Gasteiger partial charge in [-0.3, -0.25) is 5.43 Å². The summed E-state index contributed by atoms with van der Waals surface area (Å²) in [6.45, 7) is 1.90. The molecule has 0 radical (unpaired) electrons. The van der Waals surface area contributed by atoms with E-state index in [0.29, 0.717) is 17.0 Å². The van der Waals surface area contributed by atoms with Crippen LogP contribution in [0.15, 0.2) is 6.20 Å². The molecule has 1 fully saturated rings. The van der Waals surface area contributed by atoms with E-state index in [-0.39, 0.29) is 0 Å². The lowest BCUT2D eigenvalue weighted by atomic mass is 10.0. The van der Waals surface area contributed by atoms with Gasteiger partial charge in [-0.25, -0.2) is 10.8 Å². The highest BCUT2D eigenvalue weighted by Crippen LogP contribution is 2.27. The Morgan fingerprint density at radius 3 is 2.67 bits per heavy atom. The summed E-state index contributed by atoms with van der Waals surface area (Å²) in [5, 5.41) is 0.567. The number of nitrogens with two attached hydrogens (primary N) is 1. The number of hydrogen-bond acceptors (Lipinski definition) is 6. The number of halogens is 1. The van der Waals surface area contributed by atoms with Crippen molar-refractivity contribution < 1.29 is 0 Å². The highest BCUT2D eigenvalue weighted by molar-refractivity contribution is 6.32. The average Bonchev–Trinajstić information content (AvgIpc) is 2.39. The minimum Gasteiger partial charge on any atom is -0.355 e. The van der Waals surface area contributed by atoms with Crippen LogP contribution in [0.5, 0.6) is 0 Å². The van der Waals surface area contributed by atoms with Gasteiger partial charge in [-0.15, -0.1) is 0 Å². The van der Waals surface area contributed by atoms with E-state index in [4.69, 9.17) is 17.4 Å². The van der Waals surface area contributed by atoms with Crippen molar-refractivity contribution in [2.75, 3.05) is 37.5 Å². The molecule has 2 heterocycles. The number of hydrogen-bond donors (Lipinski definition) is 2. The molecule has 1 aliphatic rings. The van der Waals surface area contributed by atoms with Gasteiger partial charge in [0.25, 0.3) is 0 Å². The first kappa shape index (κ1) is 13.3. The van der Waals surface area contributed by atoms with Gasteiger partial charge in [-0.1, -0.05) is 11.6 Å². The molecular formula is C11H19ClN6. The normalized spacial score (nSPS) is 17.3. The SMILES string of the molecule is CN(C)C1CCN(c2nc(NN)ncc2Cl)CC1. The van der Waals surface area contributed by atoms with E-state index < -0.39 is 0 Å². The highest BCUT2D eigenvalue weighted by Gasteiger charge is 2.23. The fraction of sp³-hybridized carbons (Fsp3) is 0.636. The number of piperidine rings is 1. The zero-order chi connectivity index (χ0) is 13.1. The van der Waals surface area contributed by atoms with E-state index in [0.717, 1.165) is 31.7 Å². The van der Waals surface area contributed by atoms with E-state index >= 15 is 0 Å². The minimum atomic E-state index is 0.393. The Bertz CT molecular complexity index is 403. The Labute approximate surface area is 112 Å². The predicted molar refractivity (Wildman–Crippen MR) is 73.8 cm³/mol. The number of aromatic nitrogens is 2. The molecule has 100 valence electrons. The maximum atomic E-state index is 6.14. The maximum Gasteiger partial charge on any atom is 0.239 e. The van der Waals surface area contributed by atoms with E-state index in [1.165, 1.54) is 0 Å². The average molecular weight is 271 g/mol. The Morgan fingerprint density at radius 1 is 1.44 bits per heavy atom. The summed E-state index contributed by atoms with van der Waals surface area (Å²) in [6, 6.07) is 0.633. The second-order valence-corrected chi connectivity index (χ2v) is 5.10. The third-order valence-corrected chi connectivity index (χ3v) is 3.62. The number of hydrazine groups is 1. The first-order valence-corrected chi connectivity index (χ1v) is 6.40. The van der Waals surface area contributed by atoms with E-state index in [9.17, 15) is 0 Å². The first-order valence-electron chi connectivity index (χ1n) is 6.02. The molecule has 0 aromatic carbocycles. The predicted octanol–water partition coefficient (Wildman–Crippen LogP) is 0.946. The fourth-order valence-corrected chi connectivity index (χ4v) is 2.45. The molecule has 1 saturated heterocycles. The number of rotatable bonds is 3. The third kappa shape index (κ3) is 2.82. The van der Waals surface area contributed by atoms with Gasteiger partial charge in [0.15, 0.2) is 5.82 Å². The lowest BCUT2D eigenvalue weighted by molar-refractivity contribution is 0.249. The van der Waals surface area contributed by atoms with Gasteiger partial charge in [0.1, 0.15) is 5.02 Å². The molecule has 6 nitrogen and oxygen atoms in total. The van der Waals surface area contributed by atoms with Crippen molar-refractivity contribution in [2.45, 2.75) is 18.9 Å². The van der Waals surface area contributed by atoms with Gasteiger partial charge in [0.2, 0.25) is 5.95 Å². The quantitative estimate of drug-likeness (QED) is 0.629. The molecule has 1 aromatic rings. The molecule has 2 rings (SSSR count). The van der Waals surface area contributed by atoms with Crippen LogP contribution in [0.2, 0.25) is 5.02 Å². The van der Waals surface area contributed by atoms with E-state index in [1.807, 2.05) is 0 Å². The molecular weight excluding hydrogens is 252 g/mol.